The van der Waals surface area contributed by atoms with Gasteiger partial charge in [-0.2, -0.15) is 0 Å². The monoisotopic (exact) mass is 452 g/mol. The van der Waals surface area contributed by atoms with Crippen molar-refractivity contribution in [1.82, 2.24) is 25.8 Å². The van der Waals surface area contributed by atoms with Gasteiger partial charge in [0, 0.05) is 45.3 Å². The van der Waals surface area contributed by atoms with Gasteiger partial charge < -0.3 is 20.9 Å². The number of carbonyl (C=O) groups excluding carboxylic acids is 2. The second-order valence-corrected chi connectivity index (χ2v) is 6.25. The van der Waals surface area contributed by atoms with Crippen molar-refractivity contribution in [3.8, 4) is 0 Å². The van der Waals surface area contributed by atoms with Crippen LogP contribution in [-0.2, 0) is 4.79 Å². The van der Waals surface area contributed by atoms with Crippen LogP contribution in [0.3, 0.4) is 0 Å². The molecular weight excluding hydrogens is 423 g/mol. The lowest BCUT2D eigenvalue weighted by atomic mass is 10.0. The number of guanidine groups is 1. The molecule has 2 saturated heterocycles. The topological polar surface area (TPSA) is 89.1 Å². The molecule has 2 rings (SSSR count). The van der Waals surface area contributed by atoms with Gasteiger partial charge in [0.05, 0.1) is 6.54 Å². The van der Waals surface area contributed by atoms with Crippen LogP contribution < -0.4 is 16.0 Å². The number of urea groups is 1. The van der Waals surface area contributed by atoms with Crippen molar-refractivity contribution < 1.29 is 9.59 Å². The molecule has 0 atom stereocenters. The quantitative estimate of drug-likeness (QED) is 0.240. The second-order valence-electron chi connectivity index (χ2n) is 6.25. The summed E-state index contributed by atoms with van der Waals surface area (Å²) in [6, 6.07) is 0.686. The van der Waals surface area contributed by atoms with Crippen LogP contribution in [0.25, 0.3) is 0 Å². The van der Waals surface area contributed by atoms with Crippen LogP contribution in [-0.4, -0.2) is 79.6 Å². The number of aliphatic imine (C=N–C) groups is 1. The van der Waals surface area contributed by atoms with E-state index >= 15 is 0 Å². The van der Waals surface area contributed by atoms with E-state index in [0.29, 0.717) is 25.2 Å². The summed E-state index contributed by atoms with van der Waals surface area (Å²) in [5.74, 6) is 0.542. The molecule has 0 radical (unpaired) electrons. The Morgan fingerprint density at radius 3 is 2.50 bits per heavy atom. The number of amides is 3. The predicted molar refractivity (Wildman–Crippen MR) is 105 cm³/mol. The normalized spacial score (nSPS) is 20.2. The molecule has 0 unspecified atom stereocenters. The van der Waals surface area contributed by atoms with Gasteiger partial charge in [-0.3, -0.25) is 14.7 Å². The Kier molecular flexibility index (Phi) is 8.74. The molecule has 138 valence electrons. The molecular formula is C15H29IN6O2. The van der Waals surface area contributed by atoms with Crippen LogP contribution >= 0.6 is 24.0 Å². The summed E-state index contributed by atoms with van der Waals surface area (Å²) in [5, 5.41) is 9.10. The number of halogens is 1. The van der Waals surface area contributed by atoms with E-state index in [2.05, 4.69) is 39.7 Å². The molecule has 2 aliphatic heterocycles. The van der Waals surface area contributed by atoms with Gasteiger partial charge in [0.25, 0.3) is 0 Å². The first-order chi connectivity index (χ1) is 11.0. The minimum Gasteiger partial charge on any atom is -0.355 e. The van der Waals surface area contributed by atoms with Crippen molar-refractivity contribution in [2.24, 2.45) is 4.99 Å². The first kappa shape index (κ1) is 20.9. The number of nitrogens with one attached hydrogen (secondary N) is 3. The molecule has 2 heterocycles. The lowest BCUT2D eigenvalue weighted by Crippen LogP contribution is -2.50. The Bertz CT molecular complexity index is 447. The molecule has 8 nitrogen and oxygen atoms in total. The van der Waals surface area contributed by atoms with Crippen molar-refractivity contribution in [2.45, 2.75) is 38.8 Å². The van der Waals surface area contributed by atoms with E-state index in [1.807, 2.05) is 0 Å². The highest BCUT2D eigenvalue weighted by Gasteiger charge is 2.27. The van der Waals surface area contributed by atoms with Gasteiger partial charge >= 0.3 is 6.03 Å². The lowest BCUT2D eigenvalue weighted by Gasteiger charge is -2.35. The van der Waals surface area contributed by atoms with Crippen LogP contribution in [0.15, 0.2) is 4.99 Å². The van der Waals surface area contributed by atoms with Gasteiger partial charge in [-0.05, 0) is 26.7 Å². The highest BCUT2D eigenvalue weighted by Crippen LogP contribution is 2.12. The third-order valence-electron chi connectivity index (χ3n) is 4.39. The van der Waals surface area contributed by atoms with Crippen molar-refractivity contribution in [3.63, 3.8) is 0 Å². The third-order valence-corrected chi connectivity index (χ3v) is 4.39. The number of hydrogen-bond acceptors (Lipinski definition) is 4. The average molecular weight is 452 g/mol. The largest absolute Gasteiger partial charge is 0.355 e. The van der Waals surface area contributed by atoms with E-state index in [1.54, 1.807) is 7.05 Å². The fourth-order valence-electron chi connectivity index (χ4n) is 2.92. The molecule has 2 fully saturated rings. The number of piperidine rings is 1. The van der Waals surface area contributed by atoms with E-state index in [9.17, 15) is 9.59 Å². The smallest absolute Gasteiger partial charge is 0.324 e. The number of nitrogens with zero attached hydrogens (tertiary/aromatic N) is 3. The predicted octanol–water partition coefficient (Wildman–Crippen LogP) is 0.194. The first-order valence-electron chi connectivity index (χ1n) is 8.30. The first-order valence-corrected chi connectivity index (χ1v) is 8.30. The molecule has 0 spiro atoms. The summed E-state index contributed by atoms with van der Waals surface area (Å²) in [4.78, 5) is 30.9. The van der Waals surface area contributed by atoms with Gasteiger partial charge in [-0.1, -0.05) is 0 Å². The highest BCUT2D eigenvalue weighted by molar-refractivity contribution is 14.0. The minimum absolute atomic E-state index is 0. The van der Waals surface area contributed by atoms with E-state index in [1.165, 1.54) is 4.90 Å². The number of likely N-dealkylation sites (tertiary alicyclic amines) is 1. The second kappa shape index (κ2) is 10.0. The molecule has 0 aromatic rings. The SMILES string of the molecule is CN=C(NCCN1C(=O)CNC1=O)NC1CCN(C(C)C)CC1.I. The van der Waals surface area contributed by atoms with E-state index in [-0.39, 0.29) is 42.5 Å². The Morgan fingerprint density at radius 1 is 1.33 bits per heavy atom. The molecule has 2 aliphatic rings. The van der Waals surface area contributed by atoms with Crippen LogP contribution in [0.5, 0.6) is 0 Å². The van der Waals surface area contributed by atoms with Gasteiger partial charge in [0.15, 0.2) is 5.96 Å². The zero-order valence-corrected chi connectivity index (χ0v) is 17.0. The molecule has 0 bridgehead atoms. The summed E-state index contributed by atoms with van der Waals surface area (Å²) in [6.07, 6.45) is 2.18. The summed E-state index contributed by atoms with van der Waals surface area (Å²) in [6.45, 7) is 7.57. The molecule has 24 heavy (non-hydrogen) atoms. The highest BCUT2D eigenvalue weighted by atomic mass is 127. The zero-order valence-electron chi connectivity index (χ0n) is 14.7. The number of hydrogen-bond donors (Lipinski definition) is 3. The fourth-order valence-corrected chi connectivity index (χ4v) is 2.92. The van der Waals surface area contributed by atoms with Crippen LogP contribution in [0, 0.1) is 0 Å². The zero-order chi connectivity index (χ0) is 16.8. The maximum absolute atomic E-state index is 11.5. The van der Waals surface area contributed by atoms with Gasteiger partial charge in [-0.25, -0.2) is 4.79 Å². The fraction of sp³-hybridized carbons (Fsp3) is 0.800. The minimum atomic E-state index is -0.319. The van der Waals surface area contributed by atoms with E-state index in [4.69, 9.17) is 0 Å². The van der Waals surface area contributed by atoms with Crippen LogP contribution in [0.2, 0.25) is 0 Å². The average Bonchev–Trinajstić information content (AvgIpc) is 2.86. The molecule has 0 aliphatic carbocycles. The standard InChI is InChI=1S/C15H28N6O2.HI/c1-11(2)20-7-4-12(5-8-20)19-14(16-3)17-6-9-21-13(22)10-18-15(21)23;/h11-12H,4-10H2,1-3H3,(H,18,23)(H2,16,17,19);1H. The molecule has 3 amide bonds. The summed E-state index contributed by atoms with van der Waals surface area (Å²) in [7, 11) is 1.73. The van der Waals surface area contributed by atoms with Crippen LogP contribution in [0.1, 0.15) is 26.7 Å². The van der Waals surface area contributed by atoms with Crippen molar-refractivity contribution in [3.05, 3.63) is 0 Å². The Hall–Kier alpha value is -1.10. The van der Waals surface area contributed by atoms with Crippen LogP contribution in [0.4, 0.5) is 4.79 Å². The Balaban J connectivity index is 0.00000288. The molecule has 9 heteroatoms. The summed E-state index contributed by atoms with van der Waals surface area (Å²) >= 11 is 0. The molecule has 0 aromatic heterocycles. The lowest BCUT2D eigenvalue weighted by molar-refractivity contribution is -0.124. The Labute approximate surface area is 160 Å². The van der Waals surface area contributed by atoms with Gasteiger partial charge in [0.2, 0.25) is 5.91 Å². The summed E-state index contributed by atoms with van der Waals surface area (Å²) < 4.78 is 0. The van der Waals surface area contributed by atoms with Crippen molar-refractivity contribution in [2.75, 3.05) is 39.8 Å². The number of carbonyl (C=O) groups is 2. The number of imide groups is 1. The van der Waals surface area contributed by atoms with E-state index < -0.39 is 0 Å². The molecule has 0 saturated carbocycles. The van der Waals surface area contributed by atoms with Crippen molar-refractivity contribution in [1.29, 1.82) is 0 Å². The Morgan fingerprint density at radius 2 is 2.00 bits per heavy atom. The third kappa shape index (κ3) is 5.76. The maximum atomic E-state index is 11.5. The van der Waals surface area contributed by atoms with E-state index in [0.717, 1.165) is 31.9 Å². The molecule has 3 N–H and O–H groups in total. The van der Waals surface area contributed by atoms with Gasteiger partial charge in [-0.15, -0.1) is 24.0 Å². The van der Waals surface area contributed by atoms with Crippen molar-refractivity contribution >= 4 is 41.9 Å². The maximum Gasteiger partial charge on any atom is 0.324 e. The van der Waals surface area contributed by atoms with Gasteiger partial charge in [0.1, 0.15) is 0 Å². The molecule has 0 aromatic carbocycles. The summed E-state index contributed by atoms with van der Waals surface area (Å²) in [5.41, 5.74) is 0. The number of rotatable bonds is 5.